The van der Waals surface area contributed by atoms with Crippen molar-refractivity contribution in [1.29, 1.82) is 0 Å². The minimum Gasteiger partial charge on any atom is -0.480 e. The maximum Gasteiger partial charge on any atom is 0.318 e. The highest BCUT2D eigenvalue weighted by Gasteiger charge is 2.21. The topological polar surface area (TPSA) is 63.3 Å². The van der Waals surface area contributed by atoms with Crippen LogP contribution >= 0.6 is 25.0 Å². The van der Waals surface area contributed by atoms with Gasteiger partial charge in [-0.1, -0.05) is 30.3 Å². The molecule has 0 amide bonds. The maximum atomic E-state index is 10.6. The molecule has 0 aliphatic heterocycles. The molecule has 0 saturated carbocycles. The molecule has 0 radical (unpaired) electrons. The number of carboxylic acids is 1. The zero-order valence-electron chi connectivity index (χ0n) is 7.33. The van der Waals surface area contributed by atoms with Gasteiger partial charge in [0.15, 0.2) is 0 Å². The van der Waals surface area contributed by atoms with Crippen molar-refractivity contribution in [3.63, 3.8) is 0 Å². The van der Waals surface area contributed by atoms with Crippen LogP contribution in [-0.2, 0) is 4.79 Å². The van der Waals surface area contributed by atoms with Crippen LogP contribution in [0.1, 0.15) is 11.6 Å². The van der Waals surface area contributed by atoms with Gasteiger partial charge in [-0.05, 0) is 5.56 Å². The number of benzene rings is 1. The Kier molecular flexibility index (Phi) is 5.60. The highest BCUT2D eigenvalue weighted by Crippen LogP contribution is 2.17. The highest BCUT2D eigenvalue weighted by molar-refractivity contribution is 7.81. The highest BCUT2D eigenvalue weighted by atomic mass is 35.5. The van der Waals surface area contributed by atoms with E-state index >= 15 is 0 Å². The summed E-state index contributed by atoms with van der Waals surface area (Å²) in [6.07, 6.45) is 0. The number of carbonyl (C=O) groups is 1. The molecule has 1 rings (SSSR count). The number of hydrogen-bond acceptors (Lipinski definition) is 3. The standard InChI is InChI=1S/C9H11NO2S.ClH/c10-7(8(13)9(11)12)6-4-2-1-3-5-6;/h1-5,7-8,13H,10H2,(H,11,12);1H/t7-,8-;/m0./s1. The summed E-state index contributed by atoms with van der Waals surface area (Å²) in [6.45, 7) is 0. The second kappa shape index (κ2) is 5.90. The van der Waals surface area contributed by atoms with Crippen molar-refractivity contribution in [1.82, 2.24) is 0 Å². The van der Waals surface area contributed by atoms with E-state index in [4.69, 9.17) is 10.8 Å². The maximum absolute atomic E-state index is 10.6. The van der Waals surface area contributed by atoms with Crippen molar-refractivity contribution in [3.8, 4) is 0 Å². The molecule has 3 N–H and O–H groups in total. The molecule has 1 aromatic rings. The van der Waals surface area contributed by atoms with Gasteiger partial charge in [0.05, 0.1) is 6.04 Å². The third-order valence-electron chi connectivity index (χ3n) is 1.78. The Bertz CT molecular complexity index is 294. The number of halogens is 1. The second-order valence-corrected chi connectivity index (χ2v) is 3.28. The van der Waals surface area contributed by atoms with Gasteiger partial charge in [0.25, 0.3) is 0 Å². The molecule has 1 aromatic carbocycles. The summed E-state index contributed by atoms with van der Waals surface area (Å²) >= 11 is 3.91. The van der Waals surface area contributed by atoms with Crippen LogP contribution in [0.25, 0.3) is 0 Å². The smallest absolute Gasteiger partial charge is 0.318 e. The lowest BCUT2D eigenvalue weighted by molar-refractivity contribution is -0.136. The van der Waals surface area contributed by atoms with Gasteiger partial charge in [-0.3, -0.25) is 4.79 Å². The zero-order valence-corrected chi connectivity index (χ0v) is 9.04. The van der Waals surface area contributed by atoms with E-state index in [1.165, 1.54) is 0 Å². The summed E-state index contributed by atoms with van der Waals surface area (Å²) in [5.41, 5.74) is 6.46. The van der Waals surface area contributed by atoms with Gasteiger partial charge in [-0.15, -0.1) is 12.4 Å². The lowest BCUT2D eigenvalue weighted by Gasteiger charge is -2.15. The van der Waals surface area contributed by atoms with Crippen LogP contribution in [0.2, 0.25) is 0 Å². The Morgan fingerprint density at radius 1 is 1.36 bits per heavy atom. The summed E-state index contributed by atoms with van der Waals surface area (Å²) in [6, 6.07) is 8.50. The predicted molar refractivity (Wildman–Crippen MR) is 61.0 cm³/mol. The summed E-state index contributed by atoms with van der Waals surface area (Å²) in [5.74, 6) is -1.00. The molecule has 5 heteroatoms. The van der Waals surface area contributed by atoms with E-state index in [0.717, 1.165) is 5.56 Å². The van der Waals surface area contributed by atoms with Crippen LogP contribution in [0.15, 0.2) is 30.3 Å². The SMILES string of the molecule is Cl.N[C@@H](c1ccccc1)[C@H](S)C(=O)O. The van der Waals surface area contributed by atoms with Crippen molar-refractivity contribution in [2.75, 3.05) is 0 Å². The molecule has 0 spiro atoms. The Morgan fingerprint density at radius 3 is 2.29 bits per heavy atom. The molecular weight excluding hydrogens is 222 g/mol. The predicted octanol–water partition coefficient (Wildman–Crippen LogP) is 1.49. The lowest BCUT2D eigenvalue weighted by Crippen LogP contribution is -2.28. The molecule has 0 aliphatic rings. The molecule has 2 atom stereocenters. The first-order valence-corrected chi connectivity index (χ1v) is 4.36. The van der Waals surface area contributed by atoms with Crippen LogP contribution in [0, 0.1) is 0 Å². The monoisotopic (exact) mass is 233 g/mol. The minimum absolute atomic E-state index is 0. The largest absolute Gasteiger partial charge is 0.480 e. The molecule has 3 nitrogen and oxygen atoms in total. The number of rotatable bonds is 3. The molecule has 0 heterocycles. The first-order chi connectivity index (χ1) is 6.13. The molecule has 14 heavy (non-hydrogen) atoms. The van der Waals surface area contributed by atoms with Crippen LogP contribution in [-0.4, -0.2) is 16.3 Å². The van der Waals surface area contributed by atoms with E-state index in [2.05, 4.69) is 12.6 Å². The molecule has 0 aliphatic carbocycles. The van der Waals surface area contributed by atoms with Crippen LogP contribution in [0.4, 0.5) is 0 Å². The number of thiol groups is 1. The van der Waals surface area contributed by atoms with Gasteiger partial charge < -0.3 is 10.8 Å². The van der Waals surface area contributed by atoms with E-state index in [1.54, 1.807) is 12.1 Å². The fourth-order valence-electron chi connectivity index (χ4n) is 1.01. The fraction of sp³-hybridized carbons (Fsp3) is 0.222. The number of aliphatic carboxylic acids is 1. The first-order valence-electron chi connectivity index (χ1n) is 3.84. The number of nitrogens with two attached hydrogens (primary N) is 1. The van der Waals surface area contributed by atoms with Gasteiger partial charge in [0.2, 0.25) is 0 Å². The molecular formula is C9H12ClNO2S. The van der Waals surface area contributed by atoms with Crippen LogP contribution < -0.4 is 5.73 Å². The Balaban J connectivity index is 0.00000169. The van der Waals surface area contributed by atoms with Gasteiger partial charge in [0.1, 0.15) is 5.25 Å². The molecule has 0 unspecified atom stereocenters. The average molecular weight is 234 g/mol. The summed E-state index contributed by atoms with van der Waals surface area (Å²) in [5, 5.41) is 7.80. The Morgan fingerprint density at radius 2 is 1.86 bits per heavy atom. The van der Waals surface area contributed by atoms with Gasteiger partial charge in [-0.2, -0.15) is 12.6 Å². The molecule has 0 saturated heterocycles. The van der Waals surface area contributed by atoms with E-state index in [0.29, 0.717) is 0 Å². The van der Waals surface area contributed by atoms with Gasteiger partial charge in [-0.25, -0.2) is 0 Å². The number of carboxylic acid groups (broad SMARTS) is 1. The molecule has 0 aromatic heterocycles. The van der Waals surface area contributed by atoms with E-state index in [-0.39, 0.29) is 12.4 Å². The normalized spacial score (nSPS) is 13.9. The van der Waals surface area contributed by atoms with E-state index < -0.39 is 17.3 Å². The summed E-state index contributed by atoms with van der Waals surface area (Å²) < 4.78 is 0. The van der Waals surface area contributed by atoms with Crippen molar-refractivity contribution >= 4 is 31.0 Å². The Labute approximate surface area is 94.1 Å². The van der Waals surface area contributed by atoms with Crippen LogP contribution in [0.3, 0.4) is 0 Å². The van der Waals surface area contributed by atoms with E-state index in [9.17, 15) is 4.79 Å². The quantitative estimate of drug-likeness (QED) is 0.694. The summed E-state index contributed by atoms with van der Waals surface area (Å²) in [4.78, 5) is 10.6. The fourth-order valence-corrected chi connectivity index (χ4v) is 1.18. The van der Waals surface area contributed by atoms with Crippen molar-refractivity contribution in [2.45, 2.75) is 11.3 Å². The first kappa shape index (κ1) is 13.3. The van der Waals surface area contributed by atoms with Crippen molar-refractivity contribution in [2.24, 2.45) is 5.73 Å². The molecule has 0 bridgehead atoms. The van der Waals surface area contributed by atoms with Gasteiger partial charge in [0, 0.05) is 0 Å². The van der Waals surface area contributed by atoms with E-state index in [1.807, 2.05) is 18.2 Å². The Hall–Kier alpha value is -0.710. The number of hydrogen-bond donors (Lipinski definition) is 3. The minimum atomic E-state index is -1.00. The third kappa shape index (κ3) is 3.21. The molecule has 0 fully saturated rings. The molecule has 78 valence electrons. The van der Waals surface area contributed by atoms with Gasteiger partial charge >= 0.3 is 5.97 Å². The zero-order chi connectivity index (χ0) is 9.84. The lowest BCUT2D eigenvalue weighted by atomic mass is 10.0. The second-order valence-electron chi connectivity index (χ2n) is 2.72. The van der Waals surface area contributed by atoms with Crippen molar-refractivity contribution < 1.29 is 9.90 Å². The van der Waals surface area contributed by atoms with Crippen LogP contribution in [0.5, 0.6) is 0 Å². The summed E-state index contributed by atoms with van der Waals surface area (Å²) in [7, 11) is 0. The third-order valence-corrected chi connectivity index (χ3v) is 2.32. The van der Waals surface area contributed by atoms with Crippen molar-refractivity contribution in [3.05, 3.63) is 35.9 Å². The average Bonchev–Trinajstić information content (AvgIpc) is 2.17.